The third-order valence-electron chi connectivity index (χ3n) is 3.47. The highest BCUT2D eigenvalue weighted by Crippen LogP contribution is 2.24. The van der Waals surface area contributed by atoms with E-state index in [1.165, 1.54) is 40.6 Å². The minimum Gasteiger partial charge on any atom is -0.267 e. The fraction of sp³-hybridized carbons (Fsp3) is 0.0556. The number of nitriles is 1. The van der Waals surface area contributed by atoms with Crippen LogP contribution in [0, 0.1) is 17.1 Å². The average molecular weight is 337 g/mol. The fourth-order valence-corrected chi connectivity index (χ4v) is 2.87. The van der Waals surface area contributed by atoms with E-state index in [1.54, 1.807) is 6.26 Å². The van der Waals surface area contributed by atoms with Gasteiger partial charge in [0.05, 0.1) is 5.69 Å². The first-order valence-electron chi connectivity index (χ1n) is 7.08. The molecule has 3 rings (SSSR count). The third-order valence-corrected chi connectivity index (χ3v) is 4.15. The van der Waals surface area contributed by atoms with E-state index < -0.39 is 11.4 Å². The molecule has 0 aliphatic rings. The van der Waals surface area contributed by atoms with E-state index in [1.807, 2.05) is 36.4 Å². The molecule has 1 aromatic heterocycles. The van der Waals surface area contributed by atoms with Crippen LogP contribution in [0.3, 0.4) is 0 Å². The molecule has 0 unspecified atom stereocenters. The van der Waals surface area contributed by atoms with Crippen molar-refractivity contribution in [1.29, 1.82) is 5.26 Å². The van der Waals surface area contributed by atoms with Gasteiger partial charge in [0.15, 0.2) is 0 Å². The van der Waals surface area contributed by atoms with E-state index in [2.05, 4.69) is 4.98 Å². The summed E-state index contributed by atoms with van der Waals surface area (Å²) in [4.78, 5) is 17.4. The Bertz CT molecular complexity index is 976. The molecule has 0 N–H and O–H groups in total. The predicted octanol–water partition coefficient (Wildman–Crippen LogP) is 3.63. The molecular weight excluding hydrogens is 325 g/mol. The topological polar surface area (TPSA) is 58.7 Å². The SMILES string of the molecule is CSc1nc(-c2ccccc2)n(-c2ccc(F)cc2)c(=O)c1C#N. The standard InChI is InChI=1S/C18H12FN3OS/c1-24-17-15(11-20)18(23)22(14-9-7-13(19)8-10-14)16(21-17)12-5-3-2-4-6-12/h2-10H,1H3. The van der Waals surface area contributed by atoms with Crippen molar-refractivity contribution in [2.75, 3.05) is 6.26 Å². The van der Waals surface area contributed by atoms with Gasteiger partial charge in [-0.3, -0.25) is 9.36 Å². The van der Waals surface area contributed by atoms with Gasteiger partial charge in [-0.1, -0.05) is 30.3 Å². The van der Waals surface area contributed by atoms with Crippen molar-refractivity contribution in [3.05, 3.63) is 76.3 Å². The fourth-order valence-electron chi connectivity index (χ4n) is 2.36. The summed E-state index contributed by atoms with van der Waals surface area (Å²) in [7, 11) is 0. The van der Waals surface area contributed by atoms with Crippen LogP contribution < -0.4 is 5.56 Å². The van der Waals surface area contributed by atoms with Crippen LogP contribution in [0.5, 0.6) is 0 Å². The van der Waals surface area contributed by atoms with Crippen molar-refractivity contribution in [3.63, 3.8) is 0 Å². The second kappa shape index (κ2) is 6.69. The van der Waals surface area contributed by atoms with Gasteiger partial charge in [0.2, 0.25) is 0 Å². The average Bonchev–Trinajstić information content (AvgIpc) is 2.62. The second-order valence-electron chi connectivity index (χ2n) is 4.91. The number of halogens is 1. The molecule has 0 spiro atoms. The zero-order chi connectivity index (χ0) is 17.1. The van der Waals surface area contributed by atoms with Gasteiger partial charge in [-0.25, -0.2) is 9.37 Å². The van der Waals surface area contributed by atoms with Crippen molar-refractivity contribution in [3.8, 4) is 23.1 Å². The Morgan fingerprint density at radius 1 is 1.12 bits per heavy atom. The van der Waals surface area contributed by atoms with Crippen LogP contribution in [-0.4, -0.2) is 15.8 Å². The van der Waals surface area contributed by atoms with E-state index >= 15 is 0 Å². The van der Waals surface area contributed by atoms with Crippen molar-refractivity contribution < 1.29 is 4.39 Å². The largest absolute Gasteiger partial charge is 0.277 e. The highest BCUT2D eigenvalue weighted by molar-refractivity contribution is 7.98. The first-order chi connectivity index (χ1) is 11.7. The maximum atomic E-state index is 13.2. The lowest BCUT2D eigenvalue weighted by Gasteiger charge is -2.14. The molecule has 0 amide bonds. The van der Waals surface area contributed by atoms with Gasteiger partial charge in [0.25, 0.3) is 5.56 Å². The quantitative estimate of drug-likeness (QED) is 0.541. The summed E-state index contributed by atoms with van der Waals surface area (Å²) in [5.74, 6) is 0.0119. The van der Waals surface area contributed by atoms with Gasteiger partial charge in [-0.15, -0.1) is 11.8 Å². The first-order valence-corrected chi connectivity index (χ1v) is 8.30. The van der Waals surface area contributed by atoms with Gasteiger partial charge >= 0.3 is 0 Å². The summed E-state index contributed by atoms with van der Waals surface area (Å²) in [5.41, 5.74) is 0.699. The Hall–Kier alpha value is -2.91. The van der Waals surface area contributed by atoms with Crippen molar-refractivity contribution in [2.45, 2.75) is 5.03 Å². The number of hydrogen-bond acceptors (Lipinski definition) is 4. The minimum atomic E-state index is -0.470. The van der Waals surface area contributed by atoms with Crippen molar-refractivity contribution in [1.82, 2.24) is 9.55 Å². The molecule has 24 heavy (non-hydrogen) atoms. The summed E-state index contributed by atoms with van der Waals surface area (Å²) in [6.07, 6.45) is 1.76. The summed E-state index contributed by atoms with van der Waals surface area (Å²) < 4.78 is 14.6. The van der Waals surface area contributed by atoms with Crippen LogP contribution in [-0.2, 0) is 0 Å². The molecule has 2 aromatic carbocycles. The molecule has 0 bridgehead atoms. The van der Waals surface area contributed by atoms with Crippen LogP contribution in [0.2, 0.25) is 0 Å². The minimum absolute atomic E-state index is 0.0218. The van der Waals surface area contributed by atoms with Crippen LogP contribution >= 0.6 is 11.8 Å². The monoisotopic (exact) mass is 337 g/mol. The summed E-state index contributed by atoms with van der Waals surface area (Å²) in [6, 6.07) is 16.7. The summed E-state index contributed by atoms with van der Waals surface area (Å²) in [5, 5.41) is 9.71. The maximum absolute atomic E-state index is 13.2. The Morgan fingerprint density at radius 3 is 2.38 bits per heavy atom. The number of nitrogens with zero attached hydrogens (tertiary/aromatic N) is 3. The van der Waals surface area contributed by atoms with E-state index in [0.717, 1.165) is 5.56 Å². The molecule has 0 fully saturated rings. The lowest BCUT2D eigenvalue weighted by atomic mass is 10.2. The number of rotatable bonds is 3. The zero-order valence-electron chi connectivity index (χ0n) is 12.7. The van der Waals surface area contributed by atoms with Crippen LogP contribution in [0.25, 0.3) is 17.1 Å². The van der Waals surface area contributed by atoms with Gasteiger partial charge in [-0.2, -0.15) is 5.26 Å². The van der Waals surface area contributed by atoms with E-state index in [9.17, 15) is 14.4 Å². The lowest BCUT2D eigenvalue weighted by Crippen LogP contribution is -2.25. The number of benzene rings is 2. The third kappa shape index (κ3) is 2.82. The zero-order valence-corrected chi connectivity index (χ0v) is 13.5. The molecule has 0 saturated carbocycles. The lowest BCUT2D eigenvalue weighted by molar-refractivity contribution is 0.627. The molecule has 3 aromatic rings. The van der Waals surface area contributed by atoms with Gasteiger partial charge < -0.3 is 0 Å². The number of aromatic nitrogens is 2. The van der Waals surface area contributed by atoms with Gasteiger partial charge in [0, 0.05) is 5.56 Å². The second-order valence-corrected chi connectivity index (χ2v) is 5.71. The van der Waals surface area contributed by atoms with E-state index in [4.69, 9.17) is 0 Å². The van der Waals surface area contributed by atoms with Crippen molar-refractivity contribution >= 4 is 11.8 Å². The Balaban J connectivity index is 2.39. The van der Waals surface area contributed by atoms with Crippen LogP contribution in [0.15, 0.2) is 64.4 Å². The van der Waals surface area contributed by atoms with Gasteiger partial charge in [0.1, 0.15) is 28.3 Å². The summed E-state index contributed by atoms with van der Waals surface area (Å²) in [6.45, 7) is 0. The molecule has 0 aliphatic carbocycles. The molecular formula is C18H12FN3OS. The molecule has 0 atom stereocenters. The number of thioether (sulfide) groups is 1. The number of hydrogen-bond donors (Lipinski definition) is 0. The molecule has 6 heteroatoms. The predicted molar refractivity (Wildman–Crippen MR) is 91.7 cm³/mol. The summed E-state index contributed by atoms with van der Waals surface area (Å²) >= 11 is 1.24. The molecule has 0 aliphatic heterocycles. The molecule has 0 saturated heterocycles. The Morgan fingerprint density at radius 2 is 1.79 bits per heavy atom. The smallest absolute Gasteiger partial charge is 0.267 e. The first kappa shape index (κ1) is 16.0. The highest BCUT2D eigenvalue weighted by atomic mass is 32.2. The maximum Gasteiger partial charge on any atom is 0.277 e. The Kier molecular flexibility index (Phi) is 4.45. The molecule has 1 heterocycles. The molecule has 4 nitrogen and oxygen atoms in total. The van der Waals surface area contributed by atoms with Crippen molar-refractivity contribution in [2.24, 2.45) is 0 Å². The van der Waals surface area contributed by atoms with Gasteiger partial charge in [-0.05, 0) is 30.5 Å². The molecule has 0 radical (unpaired) electrons. The Labute approximate surface area is 142 Å². The molecule has 118 valence electrons. The van der Waals surface area contributed by atoms with Crippen LogP contribution in [0.4, 0.5) is 4.39 Å². The van der Waals surface area contributed by atoms with E-state index in [0.29, 0.717) is 16.5 Å². The normalized spacial score (nSPS) is 10.4. The van der Waals surface area contributed by atoms with E-state index in [-0.39, 0.29) is 5.56 Å². The highest BCUT2D eigenvalue weighted by Gasteiger charge is 2.18. The van der Waals surface area contributed by atoms with Crippen LogP contribution in [0.1, 0.15) is 5.56 Å².